The largest absolute Gasteiger partial charge is 0.350 e. The zero-order chi connectivity index (χ0) is 13.2. The minimum Gasteiger partial charge on any atom is -0.350 e. The van der Waals surface area contributed by atoms with Crippen molar-refractivity contribution in [2.45, 2.75) is 10.8 Å². The summed E-state index contributed by atoms with van der Waals surface area (Å²) in [5.41, 5.74) is 1.83. The zero-order valence-corrected chi connectivity index (χ0v) is 12.4. The van der Waals surface area contributed by atoms with Crippen LogP contribution < -0.4 is 0 Å². The topological polar surface area (TPSA) is 15.8 Å². The van der Waals surface area contributed by atoms with Gasteiger partial charge in [0.2, 0.25) is 0 Å². The van der Waals surface area contributed by atoms with Crippen molar-refractivity contribution in [1.29, 1.82) is 0 Å². The second-order valence-corrected chi connectivity index (χ2v) is 6.18. The molecule has 0 fully saturated rings. The molecule has 2 aromatic carbocycles. The van der Waals surface area contributed by atoms with Crippen LogP contribution in [0, 0.1) is 5.82 Å². The fourth-order valence-corrected chi connectivity index (χ4v) is 3.19. The average molecular weight is 336 g/mol. The highest BCUT2D eigenvalue weighted by molar-refractivity contribution is 9.10. The van der Waals surface area contributed by atoms with E-state index in [2.05, 4.69) is 33.0 Å². The van der Waals surface area contributed by atoms with Crippen molar-refractivity contribution in [2.75, 3.05) is 0 Å². The Morgan fingerprint density at radius 2 is 1.95 bits per heavy atom. The number of aromatic nitrogens is 1. The summed E-state index contributed by atoms with van der Waals surface area (Å²) in [7, 11) is 0. The molecule has 1 heterocycles. The summed E-state index contributed by atoms with van der Waals surface area (Å²) in [4.78, 5) is 3.33. The summed E-state index contributed by atoms with van der Waals surface area (Å²) in [6.07, 6.45) is 0. The van der Waals surface area contributed by atoms with Crippen LogP contribution in [0.3, 0.4) is 0 Å². The maximum Gasteiger partial charge on any atom is 0.128 e. The number of aromatic amines is 1. The third-order valence-electron chi connectivity index (χ3n) is 2.90. The van der Waals surface area contributed by atoms with Crippen molar-refractivity contribution >= 4 is 38.6 Å². The van der Waals surface area contributed by atoms with E-state index in [0.29, 0.717) is 11.3 Å². The molecule has 0 aliphatic heterocycles. The first-order chi connectivity index (χ1) is 9.22. The number of hydrogen-bond donors (Lipinski definition) is 1. The number of H-pyrrole nitrogens is 1. The third-order valence-corrected chi connectivity index (χ3v) is 4.38. The molecule has 0 bridgehead atoms. The molecule has 3 rings (SSSR count). The van der Waals surface area contributed by atoms with Gasteiger partial charge in [0, 0.05) is 21.1 Å². The smallest absolute Gasteiger partial charge is 0.128 e. The Labute approximate surface area is 123 Å². The van der Waals surface area contributed by atoms with E-state index in [9.17, 15) is 4.39 Å². The Bertz CT molecular complexity index is 690. The van der Waals surface area contributed by atoms with Crippen LogP contribution in [-0.2, 0) is 5.75 Å². The second kappa shape index (κ2) is 5.39. The molecular formula is C15H11BrFNS. The molecule has 0 saturated carbocycles. The van der Waals surface area contributed by atoms with Gasteiger partial charge in [-0.2, -0.15) is 0 Å². The molecule has 0 radical (unpaired) electrons. The average Bonchev–Trinajstić information content (AvgIpc) is 2.80. The van der Waals surface area contributed by atoms with Gasteiger partial charge in [0.05, 0.1) is 5.03 Å². The van der Waals surface area contributed by atoms with E-state index >= 15 is 0 Å². The van der Waals surface area contributed by atoms with Crippen molar-refractivity contribution in [3.05, 3.63) is 64.4 Å². The van der Waals surface area contributed by atoms with Gasteiger partial charge in [-0.1, -0.05) is 40.2 Å². The maximum atomic E-state index is 13.7. The molecule has 96 valence electrons. The van der Waals surface area contributed by atoms with Gasteiger partial charge >= 0.3 is 0 Å². The van der Waals surface area contributed by atoms with Gasteiger partial charge in [-0.25, -0.2) is 4.39 Å². The Balaban J connectivity index is 1.78. The van der Waals surface area contributed by atoms with Crippen molar-refractivity contribution < 1.29 is 4.39 Å². The van der Waals surface area contributed by atoms with E-state index < -0.39 is 0 Å². The van der Waals surface area contributed by atoms with Gasteiger partial charge in [-0.05, 0) is 29.8 Å². The molecule has 0 saturated heterocycles. The molecule has 3 aromatic rings. The first-order valence-corrected chi connectivity index (χ1v) is 7.65. The molecule has 0 unspecified atom stereocenters. The minimum absolute atomic E-state index is 0.169. The Kier molecular flexibility index (Phi) is 3.62. The molecule has 1 N–H and O–H groups in total. The SMILES string of the molecule is Fc1cc(Br)ccc1CSc1cc2ccccc2[nH]1. The van der Waals surface area contributed by atoms with Crippen LogP contribution in [0.5, 0.6) is 0 Å². The highest BCUT2D eigenvalue weighted by Crippen LogP contribution is 2.27. The van der Waals surface area contributed by atoms with E-state index in [1.54, 1.807) is 11.8 Å². The lowest BCUT2D eigenvalue weighted by Gasteiger charge is -2.02. The van der Waals surface area contributed by atoms with Crippen LogP contribution in [0.1, 0.15) is 5.56 Å². The zero-order valence-electron chi connectivity index (χ0n) is 9.99. The third kappa shape index (κ3) is 2.85. The predicted molar refractivity (Wildman–Crippen MR) is 82.0 cm³/mol. The standard InChI is InChI=1S/C15H11BrFNS/c16-12-6-5-11(13(17)8-12)9-19-15-7-10-3-1-2-4-14(10)18-15/h1-8,18H,9H2. The van der Waals surface area contributed by atoms with Crippen molar-refractivity contribution in [3.8, 4) is 0 Å². The van der Waals surface area contributed by atoms with E-state index in [1.165, 1.54) is 11.5 Å². The summed E-state index contributed by atoms with van der Waals surface area (Å²) in [5, 5.41) is 2.24. The van der Waals surface area contributed by atoms with Crippen LogP contribution in [-0.4, -0.2) is 4.98 Å². The fourth-order valence-electron chi connectivity index (χ4n) is 1.92. The van der Waals surface area contributed by atoms with E-state index in [1.807, 2.05) is 30.3 Å². The molecule has 19 heavy (non-hydrogen) atoms. The molecule has 0 aliphatic carbocycles. The Morgan fingerprint density at radius 3 is 2.74 bits per heavy atom. The monoisotopic (exact) mass is 335 g/mol. The quantitative estimate of drug-likeness (QED) is 0.637. The van der Waals surface area contributed by atoms with Crippen LogP contribution >= 0.6 is 27.7 Å². The molecule has 1 aromatic heterocycles. The van der Waals surface area contributed by atoms with Gasteiger partial charge < -0.3 is 4.98 Å². The van der Waals surface area contributed by atoms with Crippen LogP contribution in [0.2, 0.25) is 0 Å². The highest BCUT2D eigenvalue weighted by atomic mass is 79.9. The van der Waals surface area contributed by atoms with Crippen LogP contribution in [0.4, 0.5) is 4.39 Å². The minimum atomic E-state index is -0.169. The maximum absolute atomic E-state index is 13.7. The number of hydrogen-bond acceptors (Lipinski definition) is 1. The molecule has 4 heteroatoms. The molecule has 0 aliphatic rings. The number of fused-ring (bicyclic) bond motifs is 1. The lowest BCUT2D eigenvalue weighted by atomic mass is 10.2. The highest BCUT2D eigenvalue weighted by Gasteiger charge is 2.05. The number of nitrogens with one attached hydrogen (secondary N) is 1. The van der Waals surface area contributed by atoms with Gasteiger partial charge in [-0.3, -0.25) is 0 Å². The summed E-state index contributed by atoms with van der Waals surface area (Å²) in [6, 6.07) is 15.4. The van der Waals surface area contributed by atoms with E-state index in [-0.39, 0.29) is 5.82 Å². The summed E-state index contributed by atoms with van der Waals surface area (Å²) < 4.78 is 14.5. The number of benzene rings is 2. The second-order valence-electron chi connectivity index (χ2n) is 4.25. The molecular weight excluding hydrogens is 325 g/mol. The summed E-state index contributed by atoms with van der Waals surface area (Å²) >= 11 is 4.87. The Morgan fingerprint density at radius 1 is 1.11 bits per heavy atom. The van der Waals surface area contributed by atoms with E-state index in [0.717, 1.165) is 15.0 Å². The normalized spacial score (nSPS) is 11.1. The lowest BCUT2D eigenvalue weighted by Crippen LogP contribution is -1.87. The Hall–Kier alpha value is -1.26. The van der Waals surface area contributed by atoms with Crippen molar-refractivity contribution in [2.24, 2.45) is 0 Å². The molecule has 0 amide bonds. The van der Waals surface area contributed by atoms with Gasteiger partial charge in [0.1, 0.15) is 5.82 Å². The fraction of sp³-hybridized carbons (Fsp3) is 0.0667. The van der Waals surface area contributed by atoms with Gasteiger partial charge in [0.25, 0.3) is 0 Å². The first-order valence-electron chi connectivity index (χ1n) is 5.87. The molecule has 1 nitrogen and oxygen atoms in total. The van der Waals surface area contributed by atoms with Crippen molar-refractivity contribution in [3.63, 3.8) is 0 Å². The molecule has 0 spiro atoms. The van der Waals surface area contributed by atoms with Gasteiger partial charge in [0.15, 0.2) is 0 Å². The number of para-hydroxylation sites is 1. The van der Waals surface area contributed by atoms with Crippen molar-refractivity contribution in [1.82, 2.24) is 4.98 Å². The number of halogens is 2. The first kappa shape index (κ1) is 12.8. The number of thioether (sulfide) groups is 1. The van der Waals surface area contributed by atoms with Gasteiger partial charge in [-0.15, -0.1) is 11.8 Å². The van der Waals surface area contributed by atoms with E-state index in [4.69, 9.17) is 0 Å². The molecule has 0 atom stereocenters. The summed E-state index contributed by atoms with van der Waals surface area (Å²) in [5.74, 6) is 0.448. The summed E-state index contributed by atoms with van der Waals surface area (Å²) in [6.45, 7) is 0. The predicted octanol–water partition coefficient (Wildman–Crippen LogP) is 5.36. The van der Waals surface area contributed by atoms with Crippen LogP contribution in [0.25, 0.3) is 10.9 Å². The van der Waals surface area contributed by atoms with Crippen LogP contribution in [0.15, 0.2) is 58.0 Å². The lowest BCUT2D eigenvalue weighted by molar-refractivity contribution is 0.616. The number of rotatable bonds is 3.